The van der Waals surface area contributed by atoms with Crippen LogP contribution in [0.4, 0.5) is 0 Å². The number of nitriles is 1. The molecule has 0 aliphatic rings. The normalized spacial score (nSPS) is 9.93. The van der Waals surface area contributed by atoms with Crippen LogP contribution < -0.4 is 0 Å². The molecule has 14 heavy (non-hydrogen) atoms. The summed E-state index contributed by atoms with van der Waals surface area (Å²) >= 11 is 0. The van der Waals surface area contributed by atoms with Crippen molar-refractivity contribution in [1.29, 1.82) is 5.26 Å². The summed E-state index contributed by atoms with van der Waals surface area (Å²) in [6.07, 6.45) is 0. The predicted octanol–water partition coefficient (Wildman–Crippen LogP) is 2.71. The number of Topliss-reactive ketones (excluding diaryl/α,β-unsaturated/α-hetero) is 1. The average Bonchev–Trinajstić information content (AvgIpc) is 2.15. The van der Waals surface area contributed by atoms with Crippen LogP contribution in [0, 0.1) is 24.2 Å². The van der Waals surface area contributed by atoms with Crippen LogP contribution >= 0.6 is 0 Å². The first kappa shape index (κ1) is 10.5. The molecule has 1 aromatic carbocycles. The Bertz CT molecular complexity index is 399. The maximum Gasteiger partial charge on any atom is 0.165 e. The standard InChI is InChI=1S/C12H13NO/c1-8(2)12(14)11-5-9(3)4-10(6-11)7-13/h4-6,8H,1-3H3. The minimum Gasteiger partial charge on any atom is -0.294 e. The third-order valence-electron chi connectivity index (χ3n) is 2.02. The van der Waals surface area contributed by atoms with Crippen molar-refractivity contribution in [3.05, 3.63) is 34.9 Å². The molecule has 1 rings (SSSR count). The molecule has 0 atom stereocenters. The zero-order valence-corrected chi connectivity index (χ0v) is 8.66. The van der Waals surface area contributed by atoms with Gasteiger partial charge in [0.1, 0.15) is 0 Å². The lowest BCUT2D eigenvalue weighted by molar-refractivity contribution is 0.0939. The van der Waals surface area contributed by atoms with E-state index in [4.69, 9.17) is 5.26 Å². The molecule has 0 unspecified atom stereocenters. The van der Waals surface area contributed by atoms with Crippen molar-refractivity contribution in [2.75, 3.05) is 0 Å². The fraction of sp³-hybridized carbons (Fsp3) is 0.333. The van der Waals surface area contributed by atoms with E-state index in [2.05, 4.69) is 0 Å². The van der Waals surface area contributed by atoms with Crippen molar-refractivity contribution in [2.24, 2.45) is 5.92 Å². The van der Waals surface area contributed by atoms with Gasteiger partial charge in [-0.25, -0.2) is 0 Å². The van der Waals surface area contributed by atoms with Crippen molar-refractivity contribution in [1.82, 2.24) is 0 Å². The largest absolute Gasteiger partial charge is 0.294 e. The zero-order valence-electron chi connectivity index (χ0n) is 8.66. The quantitative estimate of drug-likeness (QED) is 0.668. The summed E-state index contributed by atoms with van der Waals surface area (Å²) in [6.45, 7) is 5.60. The zero-order chi connectivity index (χ0) is 10.7. The Balaban J connectivity index is 3.17. The van der Waals surface area contributed by atoms with Crippen LogP contribution in [0.25, 0.3) is 0 Å². The molecular formula is C12H13NO. The highest BCUT2D eigenvalue weighted by Gasteiger charge is 2.11. The third-order valence-corrected chi connectivity index (χ3v) is 2.02. The molecule has 2 heteroatoms. The van der Waals surface area contributed by atoms with Gasteiger partial charge in [-0.05, 0) is 30.7 Å². The van der Waals surface area contributed by atoms with Crippen LogP contribution in [0.1, 0.15) is 35.3 Å². The highest BCUT2D eigenvalue weighted by molar-refractivity contribution is 5.97. The van der Waals surface area contributed by atoms with Gasteiger partial charge in [-0.15, -0.1) is 0 Å². The fourth-order valence-electron chi connectivity index (χ4n) is 1.32. The van der Waals surface area contributed by atoms with E-state index in [1.54, 1.807) is 12.1 Å². The lowest BCUT2D eigenvalue weighted by atomic mass is 9.98. The van der Waals surface area contributed by atoms with Crippen LogP contribution in [-0.4, -0.2) is 5.78 Å². The molecule has 0 saturated carbocycles. The van der Waals surface area contributed by atoms with Crippen molar-refractivity contribution in [3.63, 3.8) is 0 Å². The van der Waals surface area contributed by atoms with E-state index in [9.17, 15) is 4.79 Å². The molecule has 0 saturated heterocycles. The Morgan fingerprint density at radius 2 is 2.00 bits per heavy atom. The fourth-order valence-corrected chi connectivity index (χ4v) is 1.32. The number of carbonyl (C=O) groups is 1. The predicted molar refractivity (Wildman–Crippen MR) is 55.1 cm³/mol. The highest BCUT2D eigenvalue weighted by atomic mass is 16.1. The van der Waals surface area contributed by atoms with E-state index in [1.807, 2.05) is 32.9 Å². The van der Waals surface area contributed by atoms with Crippen molar-refractivity contribution in [2.45, 2.75) is 20.8 Å². The highest BCUT2D eigenvalue weighted by Crippen LogP contribution is 2.13. The molecule has 0 radical (unpaired) electrons. The third kappa shape index (κ3) is 2.20. The van der Waals surface area contributed by atoms with Crippen LogP contribution in [-0.2, 0) is 0 Å². The Hall–Kier alpha value is -1.62. The van der Waals surface area contributed by atoms with Gasteiger partial charge in [-0.3, -0.25) is 4.79 Å². The SMILES string of the molecule is Cc1cc(C#N)cc(C(=O)C(C)C)c1. The molecule has 2 nitrogen and oxygen atoms in total. The number of carbonyl (C=O) groups excluding carboxylic acids is 1. The number of hydrogen-bond donors (Lipinski definition) is 0. The molecule has 0 aromatic heterocycles. The molecule has 0 aliphatic heterocycles. The topological polar surface area (TPSA) is 40.9 Å². The second-order valence-electron chi connectivity index (χ2n) is 3.72. The molecule has 0 spiro atoms. The lowest BCUT2D eigenvalue weighted by Crippen LogP contribution is -2.07. The summed E-state index contributed by atoms with van der Waals surface area (Å²) in [5.41, 5.74) is 2.14. The molecule has 0 N–H and O–H groups in total. The maximum absolute atomic E-state index is 11.7. The first-order valence-corrected chi connectivity index (χ1v) is 4.60. The van der Waals surface area contributed by atoms with Crippen molar-refractivity contribution < 1.29 is 4.79 Å². The monoisotopic (exact) mass is 187 g/mol. The van der Waals surface area contributed by atoms with Crippen LogP contribution in [0.3, 0.4) is 0 Å². The number of rotatable bonds is 2. The van der Waals surface area contributed by atoms with Crippen LogP contribution in [0.5, 0.6) is 0 Å². The van der Waals surface area contributed by atoms with Gasteiger partial charge in [0, 0.05) is 11.5 Å². The number of nitrogens with zero attached hydrogens (tertiary/aromatic N) is 1. The Morgan fingerprint density at radius 3 is 2.50 bits per heavy atom. The van der Waals surface area contributed by atoms with Gasteiger partial charge in [-0.2, -0.15) is 5.26 Å². The summed E-state index contributed by atoms with van der Waals surface area (Å²) in [5, 5.41) is 8.75. The van der Waals surface area contributed by atoms with Gasteiger partial charge in [0.15, 0.2) is 5.78 Å². The first-order valence-electron chi connectivity index (χ1n) is 4.60. The number of hydrogen-bond acceptors (Lipinski definition) is 2. The van der Waals surface area contributed by atoms with Gasteiger partial charge < -0.3 is 0 Å². The van der Waals surface area contributed by atoms with Crippen LogP contribution in [0.15, 0.2) is 18.2 Å². The molecule has 0 fully saturated rings. The maximum atomic E-state index is 11.7. The molecule has 0 aliphatic carbocycles. The van der Waals surface area contributed by atoms with E-state index in [-0.39, 0.29) is 11.7 Å². The van der Waals surface area contributed by atoms with Gasteiger partial charge in [0.05, 0.1) is 11.6 Å². The summed E-state index contributed by atoms with van der Waals surface area (Å²) in [7, 11) is 0. The second-order valence-corrected chi connectivity index (χ2v) is 3.72. The first-order chi connectivity index (χ1) is 6.54. The Morgan fingerprint density at radius 1 is 1.36 bits per heavy atom. The minimum atomic E-state index is -0.0247. The summed E-state index contributed by atoms with van der Waals surface area (Å²) in [5.74, 6) is 0.0635. The van der Waals surface area contributed by atoms with Gasteiger partial charge >= 0.3 is 0 Å². The second kappa shape index (κ2) is 4.06. The molecule has 72 valence electrons. The van der Waals surface area contributed by atoms with E-state index in [0.717, 1.165) is 5.56 Å². The Kier molecular flexibility index (Phi) is 3.03. The molecule has 1 aromatic rings. The van der Waals surface area contributed by atoms with Gasteiger partial charge in [0.2, 0.25) is 0 Å². The Labute approximate surface area is 84.2 Å². The minimum absolute atomic E-state index is 0.0247. The molecule has 0 bridgehead atoms. The molecule has 0 heterocycles. The van der Waals surface area contributed by atoms with Crippen molar-refractivity contribution >= 4 is 5.78 Å². The molecule has 0 amide bonds. The smallest absolute Gasteiger partial charge is 0.165 e. The van der Waals surface area contributed by atoms with E-state index >= 15 is 0 Å². The average molecular weight is 187 g/mol. The van der Waals surface area contributed by atoms with E-state index in [1.165, 1.54) is 0 Å². The van der Waals surface area contributed by atoms with E-state index in [0.29, 0.717) is 11.1 Å². The van der Waals surface area contributed by atoms with Crippen LogP contribution in [0.2, 0.25) is 0 Å². The number of ketones is 1. The number of aryl methyl sites for hydroxylation is 1. The van der Waals surface area contributed by atoms with Gasteiger partial charge in [0.25, 0.3) is 0 Å². The lowest BCUT2D eigenvalue weighted by Gasteiger charge is -2.05. The molecular weight excluding hydrogens is 174 g/mol. The van der Waals surface area contributed by atoms with Crippen molar-refractivity contribution in [3.8, 4) is 6.07 Å². The summed E-state index contributed by atoms with van der Waals surface area (Å²) < 4.78 is 0. The summed E-state index contributed by atoms with van der Waals surface area (Å²) in [4.78, 5) is 11.7. The number of benzene rings is 1. The van der Waals surface area contributed by atoms with Gasteiger partial charge in [-0.1, -0.05) is 13.8 Å². The van der Waals surface area contributed by atoms with E-state index < -0.39 is 0 Å². The summed E-state index contributed by atoms with van der Waals surface area (Å²) in [6, 6.07) is 7.30.